The lowest BCUT2D eigenvalue weighted by molar-refractivity contribution is -0.394. The lowest BCUT2D eigenvalue weighted by Crippen LogP contribution is -2.24. The van der Waals surface area contributed by atoms with Crippen LogP contribution < -0.4 is 4.89 Å². The molecule has 2 aromatic rings. The molecule has 0 bridgehead atoms. The third-order valence-corrected chi connectivity index (χ3v) is 5.15. The van der Waals surface area contributed by atoms with Crippen molar-refractivity contribution in [1.29, 1.82) is 0 Å². The highest BCUT2D eigenvalue weighted by Gasteiger charge is 2.26. The third-order valence-electron chi connectivity index (χ3n) is 3.24. The van der Waals surface area contributed by atoms with Gasteiger partial charge < -0.3 is 0 Å². The lowest BCUT2D eigenvalue weighted by Gasteiger charge is -2.07. The van der Waals surface area contributed by atoms with E-state index >= 15 is 0 Å². The first-order valence-electron chi connectivity index (χ1n) is 6.79. The van der Waals surface area contributed by atoms with Crippen LogP contribution in [0.2, 0.25) is 5.15 Å². The van der Waals surface area contributed by atoms with Crippen molar-refractivity contribution < 1.29 is 23.1 Å². The smallest absolute Gasteiger partial charge is 0.281 e. The molecule has 2 rings (SSSR count). The van der Waals surface area contributed by atoms with Crippen LogP contribution in [0.1, 0.15) is 11.3 Å². The fourth-order valence-electron chi connectivity index (χ4n) is 2.10. The summed E-state index contributed by atoms with van der Waals surface area (Å²) < 4.78 is 25.6. The van der Waals surface area contributed by atoms with Crippen molar-refractivity contribution in [1.82, 2.24) is 14.7 Å². The Labute approximate surface area is 151 Å². The highest BCUT2D eigenvalue weighted by molar-refractivity contribution is 7.89. The van der Waals surface area contributed by atoms with Crippen LogP contribution in [0.25, 0.3) is 0 Å². The number of benzene rings is 1. The number of non-ortho nitro benzene ring substituents is 1. The lowest BCUT2D eigenvalue weighted by atomic mass is 10.2. The summed E-state index contributed by atoms with van der Waals surface area (Å²) in [6, 6.07) is 2.91. The molecule has 0 radical (unpaired) electrons. The van der Waals surface area contributed by atoms with Gasteiger partial charge in [-0.15, -0.1) is 0 Å². The highest BCUT2D eigenvalue weighted by atomic mass is 35.5. The quantitative estimate of drug-likeness (QED) is 0.536. The van der Waals surface area contributed by atoms with Crippen LogP contribution in [0, 0.1) is 27.2 Å². The molecule has 0 amide bonds. The van der Waals surface area contributed by atoms with Gasteiger partial charge in [0.15, 0.2) is 0 Å². The summed E-state index contributed by atoms with van der Waals surface area (Å²) in [5.74, 6) is 0. The zero-order valence-corrected chi connectivity index (χ0v) is 14.9. The first-order chi connectivity index (χ1) is 12.0. The molecular weight excluding hydrogens is 394 g/mol. The van der Waals surface area contributed by atoms with Gasteiger partial charge in [-0.25, -0.2) is 8.42 Å². The first kappa shape index (κ1) is 19.7. The van der Waals surface area contributed by atoms with Gasteiger partial charge in [0.1, 0.15) is 16.7 Å². The van der Waals surface area contributed by atoms with Crippen molar-refractivity contribution >= 4 is 33.0 Å². The van der Waals surface area contributed by atoms with Crippen molar-refractivity contribution in [3.63, 3.8) is 0 Å². The van der Waals surface area contributed by atoms with Crippen LogP contribution in [0.5, 0.6) is 0 Å². The number of aromatic nitrogens is 2. The van der Waals surface area contributed by atoms with E-state index in [1.807, 2.05) is 0 Å². The van der Waals surface area contributed by atoms with Crippen LogP contribution in [-0.4, -0.2) is 28.0 Å². The molecule has 0 aliphatic heterocycles. The average molecular weight is 406 g/mol. The number of sulfonamides is 1. The maximum Gasteiger partial charge on any atom is 0.281 e. The summed E-state index contributed by atoms with van der Waals surface area (Å²) in [5.41, 5.74) is -0.972. The average Bonchev–Trinajstić information content (AvgIpc) is 2.80. The van der Waals surface area contributed by atoms with E-state index in [9.17, 15) is 28.6 Å². The summed E-state index contributed by atoms with van der Waals surface area (Å²) >= 11 is 5.88. The molecule has 0 aliphatic rings. The Morgan fingerprint density at radius 1 is 1.31 bits per heavy atom. The minimum atomic E-state index is -4.19. The molecule has 0 saturated carbocycles. The van der Waals surface area contributed by atoms with E-state index < -0.39 is 37.9 Å². The Balaban J connectivity index is 2.19. The highest BCUT2D eigenvalue weighted by Crippen LogP contribution is 2.26. The van der Waals surface area contributed by atoms with Gasteiger partial charge in [-0.05, 0) is 13.0 Å². The normalized spacial score (nSPS) is 11.5. The number of nitro benzene ring substituents is 2. The first-order valence-corrected chi connectivity index (χ1v) is 8.65. The van der Waals surface area contributed by atoms with Crippen molar-refractivity contribution in [3.05, 3.63) is 54.8 Å². The van der Waals surface area contributed by atoms with Gasteiger partial charge in [0, 0.05) is 13.1 Å². The molecular formula is C12H12ClN5O7S. The second kappa shape index (κ2) is 7.33. The molecule has 1 aromatic heterocycles. The van der Waals surface area contributed by atoms with Gasteiger partial charge >= 0.3 is 0 Å². The number of hydrogen-bond acceptors (Lipinski definition) is 8. The Morgan fingerprint density at radius 3 is 2.46 bits per heavy atom. The second-order valence-corrected chi connectivity index (χ2v) is 6.97. The van der Waals surface area contributed by atoms with Crippen molar-refractivity contribution in [2.75, 3.05) is 0 Å². The summed E-state index contributed by atoms with van der Waals surface area (Å²) in [7, 11) is -2.74. The molecule has 14 heteroatoms. The summed E-state index contributed by atoms with van der Waals surface area (Å²) in [6.45, 7) is 0.895. The Bertz CT molecular complexity index is 988. The summed E-state index contributed by atoms with van der Waals surface area (Å²) in [6.07, 6.45) is 0. The molecule has 0 saturated heterocycles. The van der Waals surface area contributed by atoms with Gasteiger partial charge in [-0.3, -0.25) is 29.7 Å². The van der Waals surface area contributed by atoms with Crippen molar-refractivity contribution in [3.8, 4) is 0 Å². The number of nitrogens with zero attached hydrogens (tertiary/aromatic N) is 4. The number of halogens is 1. The zero-order valence-electron chi connectivity index (χ0n) is 13.4. The van der Waals surface area contributed by atoms with Crippen LogP contribution in [-0.2, 0) is 28.5 Å². The zero-order chi connectivity index (χ0) is 19.6. The minimum Gasteiger partial charge on any atom is -0.282 e. The maximum atomic E-state index is 12.2. The van der Waals surface area contributed by atoms with Crippen molar-refractivity contribution in [2.24, 2.45) is 7.05 Å². The number of nitrogens with one attached hydrogen (secondary N) is 1. The van der Waals surface area contributed by atoms with Crippen molar-refractivity contribution in [2.45, 2.75) is 18.4 Å². The predicted molar refractivity (Wildman–Crippen MR) is 87.8 cm³/mol. The standard InChI is InChI=1S/C12H12ClN5O7S/c1-7-11(12(13)16(2)14-7)26(23,24)15-25-6-8-3-4-9(17(19)20)5-10(8)18(21)22/h3-5,15H,6H2,1-2H3. The number of aryl methyl sites for hydroxylation is 2. The largest absolute Gasteiger partial charge is 0.282 e. The van der Waals surface area contributed by atoms with E-state index in [1.54, 1.807) is 4.89 Å². The van der Waals surface area contributed by atoms with E-state index in [4.69, 9.17) is 16.4 Å². The number of rotatable bonds is 7. The molecule has 1 heterocycles. The third kappa shape index (κ3) is 3.96. The Kier molecular flexibility index (Phi) is 5.56. The molecule has 0 unspecified atom stereocenters. The number of hydrogen-bond donors (Lipinski definition) is 1. The van der Waals surface area contributed by atoms with E-state index in [1.165, 1.54) is 14.0 Å². The van der Waals surface area contributed by atoms with E-state index in [0.717, 1.165) is 22.9 Å². The molecule has 140 valence electrons. The topological polar surface area (TPSA) is 160 Å². The molecule has 12 nitrogen and oxygen atoms in total. The van der Waals surface area contributed by atoms with Gasteiger partial charge in [0.25, 0.3) is 21.4 Å². The Hall–Kier alpha value is -2.61. The monoisotopic (exact) mass is 405 g/mol. The molecule has 0 spiro atoms. The second-order valence-electron chi connectivity index (χ2n) is 5.03. The molecule has 1 aromatic carbocycles. The number of nitro groups is 2. The SMILES string of the molecule is Cc1nn(C)c(Cl)c1S(=O)(=O)NOCc1ccc([N+](=O)[O-])cc1[N+](=O)[O-]. The van der Waals surface area contributed by atoms with E-state index in [-0.39, 0.29) is 21.3 Å². The van der Waals surface area contributed by atoms with Crippen LogP contribution in [0.15, 0.2) is 23.1 Å². The molecule has 0 atom stereocenters. The predicted octanol–water partition coefficient (Wildman–Crippen LogP) is 1.61. The van der Waals surface area contributed by atoms with Crippen LogP contribution in [0.4, 0.5) is 11.4 Å². The Morgan fingerprint density at radius 2 is 1.96 bits per heavy atom. The molecule has 1 N–H and O–H groups in total. The summed E-state index contributed by atoms with van der Waals surface area (Å²) in [4.78, 5) is 26.5. The molecule has 26 heavy (non-hydrogen) atoms. The minimum absolute atomic E-state index is 0.0581. The van der Waals surface area contributed by atoms with Gasteiger partial charge in [0.2, 0.25) is 0 Å². The fourth-order valence-corrected chi connectivity index (χ4v) is 3.66. The van der Waals surface area contributed by atoms with Gasteiger partial charge in [0.05, 0.1) is 27.2 Å². The van der Waals surface area contributed by atoms with Gasteiger partial charge in [-0.1, -0.05) is 16.5 Å². The van der Waals surface area contributed by atoms with Gasteiger partial charge in [-0.2, -0.15) is 5.10 Å². The van der Waals surface area contributed by atoms with Crippen LogP contribution >= 0.6 is 11.6 Å². The van der Waals surface area contributed by atoms with E-state index in [0.29, 0.717) is 0 Å². The van der Waals surface area contributed by atoms with E-state index in [2.05, 4.69) is 5.10 Å². The molecule has 0 fully saturated rings. The summed E-state index contributed by atoms with van der Waals surface area (Å²) in [5, 5.41) is 25.4. The van der Waals surface area contributed by atoms with Crippen LogP contribution in [0.3, 0.4) is 0 Å². The fraction of sp³-hybridized carbons (Fsp3) is 0.250. The maximum absolute atomic E-state index is 12.2. The molecule has 0 aliphatic carbocycles.